The Morgan fingerprint density at radius 3 is 2.34 bits per heavy atom. The number of non-ortho nitro benzene ring substituents is 1. The minimum atomic E-state index is -4.93. The number of aromatic nitrogens is 2. The van der Waals surface area contributed by atoms with Crippen LogP contribution in [-0.4, -0.2) is 21.1 Å². The van der Waals surface area contributed by atoms with Crippen LogP contribution in [-0.2, 0) is 0 Å². The van der Waals surface area contributed by atoms with Gasteiger partial charge in [0, 0.05) is 23.1 Å². The normalized spacial score (nSPS) is 11.5. The number of nitro benzene ring substituents is 1. The fourth-order valence-electron chi connectivity index (χ4n) is 3.15. The fourth-order valence-corrected chi connectivity index (χ4v) is 3.15. The van der Waals surface area contributed by atoms with Crippen LogP contribution in [0.25, 0.3) is 27.7 Å². The zero-order valence-electron chi connectivity index (χ0n) is 15.8. The van der Waals surface area contributed by atoms with Gasteiger partial charge in [0.1, 0.15) is 11.6 Å². The third kappa shape index (κ3) is 4.13. The molecule has 0 saturated carbocycles. The van der Waals surface area contributed by atoms with Crippen LogP contribution in [0.4, 0.5) is 23.2 Å². The van der Waals surface area contributed by atoms with Crippen LogP contribution in [0.5, 0.6) is 5.75 Å². The Hall–Kier alpha value is -4.28. The van der Waals surface area contributed by atoms with E-state index >= 15 is 0 Å². The molecule has 3 aromatic carbocycles. The molecule has 0 saturated heterocycles. The minimum Gasteiger partial charge on any atom is -0.406 e. The van der Waals surface area contributed by atoms with Gasteiger partial charge in [-0.15, -0.1) is 13.2 Å². The second kappa shape index (κ2) is 7.76. The van der Waals surface area contributed by atoms with Crippen molar-refractivity contribution in [1.29, 1.82) is 0 Å². The number of alkyl halides is 3. The van der Waals surface area contributed by atoms with E-state index in [1.54, 1.807) is 0 Å². The monoisotopic (exact) mass is 445 g/mol. The van der Waals surface area contributed by atoms with Crippen molar-refractivity contribution >= 4 is 16.5 Å². The highest BCUT2D eigenvalue weighted by Gasteiger charge is 2.31. The number of hydrogen-bond donors (Lipinski definition) is 0. The Balaban J connectivity index is 2.01. The molecule has 0 atom stereocenters. The van der Waals surface area contributed by atoms with E-state index in [2.05, 4.69) is 9.84 Å². The molecule has 4 rings (SSSR count). The molecule has 11 heteroatoms. The molecule has 0 bridgehead atoms. The van der Waals surface area contributed by atoms with Crippen molar-refractivity contribution in [3.05, 3.63) is 93.0 Å². The lowest BCUT2D eigenvalue weighted by Crippen LogP contribution is -2.22. The number of benzene rings is 3. The summed E-state index contributed by atoms with van der Waals surface area (Å²) in [7, 11) is 0. The van der Waals surface area contributed by atoms with Gasteiger partial charge >= 0.3 is 6.36 Å². The minimum absolute atomic E-state index is 0.000231. The van der Waals surface area contributed by atoms with E-state index in [4.69, 9.17) is 0 Å². The molecule has 0 unspecified atom stereocenters. The summed E-state index contributed by atoms with van der Waals surface area (Å²) < 4.78 is 56.2. The van der Waals surface area contributed by atoms with Gasteiger partial charge in [0.15, 0.2) is 0 Å². The maximum Gasteiger partial charge on any atom is 0.573 e. The molecule has 0 amide bonds. The Morgan fingerprint density at radius 2 is 1.69 bits per heavy atom. The molecule has 4 aromatic rings. The average Bonchev–Trinajstić information content (AvgIpc) is 2.73. The highest BCUT2D eigenvalue weighted by molar-refractivity contribution is 5.95. The molecule has 162 valence electrons. The number of nitro groups is 1. The van der Waals surface area contributed by atoms with E-state index < -0.39 is 28.4 Å². The molecular formula is C21H11F4N3O4. The van der Waals surface area contributed by atoms with Crippen LogP contribution in [0.15, 0.2) is 71.5 Å². The zero-order valence-corrected chi connectivity index (χ0v) is 15.8. The number of fused-ring (bicyclic) bond motifs is 1. The fraction of sp³-hybridized carbons (Fsp3) is 0.0476. The molecule has 0 radical (unpaired) electrons. The van der Waals surface area contributed by atoms with E-state index in [9.17, 15) is 32.5 Å². The van der Waals surface area contributed by atoms with Gasteiger partial charge in [-0.3, -0.25) is 14.9 Å². The third-order valence-electron chi connectivity index (χ3n) is 4.50. The van der Waals surface area contributed by atoms with Gasteiger partial charge in [0.2, 0.25) is 0 Å². The first-order valence-electron chi connectivity index (χ1n) is 8.96. The summed E-state index contributed by atoms with van der Waals surface area (Å²) in [5, 5.41) is 15.6. The second-order valence-corrected chi connectivity index (χ2v) is 6.60. The van der Waals surface area contributed by atoms with Gasteiger partial charge in [0.25, 0.3) is 11.2 Å². The van der Waals surface area contributed by atoms with E-state index in [0.717, 1.165) is 41.1 Å². The van der Waals surface area contributed by atoms with Crippen molar-refractivity contribution in [1.82, 2.24) is 9.78 Å². The molecular weight excluding hydrogens is 434 g/mol. The smallest absolute Gasteiger partial charge is 0.406 e. The zero-order chi connectivity index (χ0) is 23.0. The van der Waals surface area contributed by atoms with Crippen molar-refractivity contribution in [2.75, 3.05) is 0 Å². The second-order valence-electron chi connectivity index (χ2n) is 6.60. The van der Waals surface area contributed by atoms with Gasteiger partial charge in [0.05, 0.1) is 21.7 Å². The molecule has 0 spiro atoms. The molecule has 7 nitrogen and oxygen atoms in total. The van der Waals surface area contributed by atoms with Crippen LogP contribution in [0.2, 0.25) is 0 Å². The summed E-state index contributed by atoms with van der Waals surface area (Å²) in [6.45, 7) is 0. The van der Waals surface area contributed by atoms with Crippen LogP contribution in [0, 0.1) is 15.9 Å². The maximum absolute atomic E-state index is 13.3. The van der Waals surface area contributed by atoms with Crippen LogP contribution < -0.4 is 10.3 Å². The van der Waals surface area contributed by atoms with Crippen molar-refractivity contribution in [2.45, 2.75) is 6.36 Å². The van der Waals surface area contributed by atoms with Gasteiger partial charge in [-0.1, -0.05) is 12.1 Å². The first-order chi connectivity index (χ1) is 15.1. The van der Waals surface area contributed by atoms with E-state index in [-0.39, 0.29) is 33.4 Å². The predicted octanol–water partition coefficient (Wildman–Crippen LogP) is 5.00. The largest absolute Gasteiger partial charge is 0.573 e. The van der Waals surface area contributed by atoms with E-state index in [1.165, 1.54) is 30.3 Å². The van der Waals surface area contributed by atoms with Gasteiger partial charge in [-0.25, -0.2) is 4.39 Å². The first kappa shape index (κ1) is 21.0. The van der Waals surface area contributed by atoms with E-state index in [1.807, 2.05) is 0 Å². The van der Waals surface area contributed by atoms with Crippen LogP contribution in [0.3, 0.4) is 0 Å². The molecule has 0 N–H and O–H groups in total. The predicted molar refractivity (Wildman–Crippen MR) is 106 cm³/mol. The summed E-state index contributed by atoms with van der Waals surface area (Å²) in [5.41, 5.74) is -0.663. The summed E-state index contributed by atoms with van der Waals surface area (Å²) >= 11 is 0. The standard InChI is InChI=1S/C21H11F4N3O4/c22-13-4-6-14(7-5-13)27-20(29)17-9-8-15(28(30)31)11-18(17)19(26-27)12-2-1-3-16(10-12)32-21(23,24)25/h1-11H. The van der Waals surface area contributed by atoms with Crippen molar-refractivity contribution < 1.29 is 27.2 Å². The molecule has 0 aliphatic rings. The summed E-state index contributed by atoms with van der Waals surface area (Å²) in [5.74, 6) is -1.08. The first-order valence-corrected chi connectivity index (χ1v) is 8.96. The maximum atomic E-state index is 13.3. The van der Waals surface area contributed by atoms with Crippen molar-refractivity contribution in [3.8, 4) is 22.7 Å². The van der Waals surface area contributed by atoms with Crippen molar-refractivity contribution in [2.24, 2.45) is 0 Å². The van der Waals surface area contributed by atoms with Gasteiger partial charge in [-0.05, 0) is 42.5 Å². The lowest BCUT2D eigenvalue weighted by molar-refractivity contribution is -0.384. The Bertz CT molecular complexity index is 1400. The summed E-state index contributed by atoms with van der Waals surface area (Å²) in [4.78, 5) is 23.6. The Morgan fingerprint density at radius 1 is 0.969 bits per heavy atom. The number of hydrogen-bond acceptors (Lipinski definition) is 5. The quantitative estimate of drug-likeness (QED) is 0.251. The lowest BCUT2D eigenvalue weighted by atomic mass is 10.0. The van der Waals surface area contributed by atoms with E-state index in [0.29, 0.717) is 0 Å². The number of halogens is 4. The number of nitrogens with zero attached hydrogens (tertiary/aromatic N) is 3. The molecule has 1 aromatic heterocycles. The Labute approximate surface area is 176 Å². The highest BCUT2D eigenvalue weighted by atomic mass is 19.4. The number of ether oxygens (including phenoxy) is 1. The molecule has 0 aliphatic carbocycles. The van der Waals surface area contributed by atoms with Gasteiger partial charge in [-0.2, -0.15) is 9.78 Å². The Kier molecular flexibility index (Phi) is 5.09. The molecule has 0 fully saturated rings. The average molecular weight is 445 g/mol. The molecule has 1 heterocycles. The lowest BCUT2D eigenvalue weighted by Gasteiger charge is -2.13. The number of rotatable bonds is 4. The molecule has 32 heavy (non-hydrogen) atoms. The topological polar surface area (TPSA) is 87.3 Å². The van der Waals surface area contributed by atoms with Gasteiger partial charge < -0.3 is 4.74 Å². The van der Waals surface area contributed by atoms with Crippen LogP contribution in [0.1, 0.15) is 0 Å². The SMILES string of the molecule is O=c1c2ccc([N+](=O)[O-])cc2c(-c2cccc(OC(F)(F)F)c2)nn1-c1ccc(F)cc1. The van der Waals surface area contributed by atoms with Crippen LogP contribution >= 0.6 is 0 Å². The molecule has 0 aliphatic heterocycles. The highest BCUT2D eigenvalue weighted by Crippen LogP contribution is 2.32. The summed E-state index contributed by atoms with van der Waals surface area (Å²) in [6, 6.07) is 13.1. The third-order valence-corrected chi connectivity index (χ3v) is 4.50. The van der Waals surface area contributed by atoms with Crippen molar-refractivity contribution in [3.63, 3.8) is 0 Å². The summed E-state index contributed by atoms with van der Waals surface area (Å²) in [6.07, 6.45) is -4.93.